The quantitative estimate of drug-likeness (QED) is 0.900. The lowest BCUT2D eigenvalue weighted by Gasteiger charge is -2.14. The van der Waals surface area contributed by atoms with E-state index < -0.39 is 0 Å². The van der Waals surface area contributed by atoms with Crippen LogP contribution in [0.15, 0.2) is 35.2 Å². The van der Waals surface area contributed by atoms with E-state index in [1.807, 2.05) is 24.3 Å². The number of hydrogen-bond acceptors (Lipinski definition) is 5. The Hall–Kier alpha value is -2.21. The minimum Gasteiger partial charge on any atom is -0.351 e. The Morgan fingerprint density at radius 1 is 1.24 bits per heavy atom. The van der Waals surface area contributed by atoms with Crippen LogP contribution in [0.25, 0.3) is 11.4 Å². The normalized spacial score (nSPS) is 15.2. The van der Waals surface area contributed by atoms with Crippen molar-refractivity contribution in [3.63, 3.8) is 0 Å². The molecule has 0 saturated carbocycles. The van der Waals surface area contributed by atoms with Gasteiger partial charge in [0.25, 0.3) is 0 Å². The standard InChI is InChI=1S/C15H18N4O2/c20-14(10-19-7-1-2-8-19)16-9-12-3-5-13(6-4-12)15-17-11-21-18-15/h3-6,11H,1-2,7-10H2,(H,16,20). The first-order valence-electron chi connectivity index (χ1n) is 7.16. The lowest BCUT2D eigenvalue weighted by atomic mass is 10.1. The Kier molecular flexibility index (Phi) is 4.25. The highest BCUT2D eigenvalue weighted by Gasteiger charge is 2.14. The Morgan fingerprint density at radius 3 is 2.67 bits per heavy atom. The highest BCUT2D eigenvalue weighted by molar-refractivity contribution is 5.78. The number of aromatic nitrogens is 2. The average Bonchev–Trinajstić information content (AvgIpc) is 3.19. The van der Waals surface area contributed by atoms with Crippen LogP contribution >= 0.6 is 0 Å². The van der Waals surface area contributed by atoms with Crippen molar-refractivity contribution in [2.45, 2.75) is 19.4 Å². The third-order valence-corrected chi connectivity index (χ3v) is 3.63. The van der Waals surface area contributed by atoms with Gasteiger partial charge in [0.1, 0.15) is 0 Å². The van der Waals surface area contributed by atoms with Gasteiger partial charge in [-0.1, -0.05) is 29.4 Å². The Balaban J connectivity index is 1.50. The monoisotopic (exact) mass is 286 g/mol. The lowest BCUT2D eigenvalue weighted by Crippen LogP contribution is -2.35. The van der Waals surface area contributed by atoms with Crippen LogP contribution in [0.2, 0.25) is 0 Å². The number of amides is 1. The van der Waals surface area contributed by atoms with Crippen LogP contribution in [-0.4, -0.2) is 40.6 Å². The fourth-order valence-electron chi connectivity index (χ4n) is 2.47. The first-order valence-corrected chi connectivity index (χ1v) is 7.16. The molecule has 2 aromatic rings. The summed E-state index contributed by atoms with van der Waals surface area (Å²) in [6.45, 7) is 3.11. The number of carbonyl (C=O) groups excluding carboxylic acids is 1. The molecule has 0 atom stereocenters. The van der Waals surface area contributed by atoms with Crippen molar-refractivity contribution in [3.05, 3.63) is 36.2 Å². The largest absolute Gasteiger partial charge is 0.351 e. The van der Waals surface area contributed by atoms with Gasteiger partial charge in [-0.25, -0.2) is 0 Å². The first-order chi connectivity index (χ1) is 10.3. The van der Waals surface area contributed by atoms with Gasteiger partial charge < -0.3 is 9.84 Å². The van der Waals surface area contributed by atoms with Gasteiger partial charge in [-0.05, 0) is 31.5 Å². The molecule has 2 heterocycles. The van der Waals surface area contributed by atoms with E-state index >= 15 is 0 Å². The van der Waals surface area contributed by atoms with Crippen molar-refractivity contribution in [1.29, 1.82) is 0 Å². The van der Waals surface area contributed by atoms with E-state index in [0.29, 0.717) is 18.9 Å². The van der Waals surface area contributed by atoms with E-state index in [1.54, 1.807) is 0 Å². The van der Waals surface area contributed by atoms with Crippen LogP contribution < -0.4 is 5.32 Å². The van der Waals surface area contributed by atoms with Crippen LogP contribution in [-0.2, 0) is 11.3 Å². The highest BCUT2D eigenvalue weighted by Crippen LogP contribution is 2.15. The van der Waals surface area contributed by atoms with E-state index in [1.165, 1.54) is 19.2 Å². The van der Waals surface area contributed by atoms with Gasteiger partial charge in [-0.2, -0.15) is 4.98 Å². The summed E-state index contributed by atoms with van der Waals surface area (Å²) in [5, 5.41) is 6.74. The molecule has 1 fully saturated rings. The zero-order chi connectivity index (χ0) is 14.5. The maximum Gasteiger partial charge on any atom is 0.234 e. The van der Waals surface area contributed by atoms with Gasteiger partial charge in [0.2, 0.25) is 18.1 Å². The van der Waals surface area contributed by atoms with Gasteiger partial charge in [-0.3, -0.25) is 9.69 Å². The topological polar surface area (TPSA) is 71.3 Å². The molecule has 1 aliphatic heterocycles. The zero-order valence-corrected chi connectivity index (χ0v) is 11.8. The minimum atomic E-state index is 0.0825. The molecule has 1 aromatic heterocycles. The molecule has 6 heteroatoms. The number of benzene rings is 1. The number of likely N-dealkylation sites (tertiary alicyclic amines) is 1. The van der Waals surface area contributed by atoms with Crippen molar-refractivity contribution < 1.29 is 9.32 Å². The van der Waals surface area contributed by atoms with Gasteiger partial charge in [0.15, 0.2) is 0 Å². The second kappa shape index (κ2) is 6.49. The number of nitrogens with one attached hydrogen (secondary N) is 1. The molecule has 1 amide bonds. The van der Waals surface area contributed by atoms with E-state index in [2.05, 4.69) is 20.4 Å². The number of rotatable bonds is 5. The van der Waals surface area contributed by atoms with Crippen LogP contribution in [0.5, 0.6) is 0 Å². The highest BCUT2D eigenvalue weighted by atomic mass is 16.5. The van der Waals surface area contributed by atoms with E-state index in [0.717, 1.165) is 24.2 Å². The predicted molar refractivity (Wildman–Crippen MR) is 77.3 cm³/mol. The van der Waals surface area contributed by atoms with Gasteiger partial charge in [0.05, 0.1) is 6.54 Å². The second-order valence-electron chi connectivity index (χ2n) is 5.21. The first kappa shape index (κ1) is 13.8. The third-order valence-electron chi connectivity index (χ3n) is 3.63. The maximum absolute atomic E-state index is 11.8. The van der Waals surface area contributed by atoms with E-state index in [4.69, 9.17) is 4.52 Å². The molecule has 110 valence electrons. The molecule has 0 aliphatic carbocycles. The molecule has 1 saturated heterocycles. The molecule has 21 heavy (non-hydrogen) atoms. The van der Waals surface area contributed by atoms with Crippen molar-refractivity contribution >= 4 is 5.91 Å². The Morgan fingerprint density at radius 2 is 2.00 bits per heavy atom. The summed E-state index contributed by atoms with van der Waals surface area (Å²) in [5.74, 6) is 0.652. The summed E-state index contributed by atoms with van der Waals surface area (Å²) >= 11 is 0. The van der Waals surface area contributed by atoms with E-state index in [-0.39, 0.29) is 5.91 Å². The molecular weight excluding hydrogens is 268 g/mol. The minimum absolute atomic E-state index is 0.0825. The fraction of sp³-hybridized carbons (Fsp3) is 0.400. The molecule has 0 spiro atoms. The molecule has 3 rings (SSSR count). The number of hydrogen-bond donors (Lipinski definition) is 1. The van der Waals surface area contributed by atoms with Crippen molar-refractivity contribution in [3.8, 4) is 11.4 Å². The molecule has 0 radical (unpaired) electrons. The molecule has 6 nitrogen and oxygen atoms in total. The summed E-state index contributed by atoms with van der Waals surface area (Å²) in [7, 11) is 0. The van der Waals surface area contributed by atoms with Crippen LogP contribution in [0.1, 0.15) is 18.4 Å². The van der Waals surface area contributed by atoms with Crippen molar-refractivity contribution in [2.24, 2.45) is 0 Å². The van der Waals surface area contributed by atoms with Crippen LogP contribution in [0.4, 0.5) is 0 Å². The maximum atomic E-state index is 11.8. The smallest absolute Gasteiger partial charge is 0.234 e. The molecular formula is C15H18N4O2. The molecule has 0 bridgehead atoms. The summed E-state index contributed by atoms with van der Waals surface area (Å²) in [6, 6.07) is 7.77. The predicted octanol–water partition coefficient (Wildman–Crippen LogP) is 1.45. The van der Waals surface area contributed by atoms with Gasteiger partial charge in [0, 0.05) is 12.1 Å². The SMILES string of the molecule is O=C(CN1CCCC1)NCc1ccc(-c2ncon2)cc1. The average molecular weight is 286 g/mol. The Bertz CT molecular complexity index is 574. The second-order valence-corrected chi connectivity index (χ2v) is 5.21. The van der Waals surface area contributed by atoms with E-state index in [9.17, 15) is 4.79 Å². The van der Waals surface area contributed by atoms with Crippen LogP contribution in [0, 0.1) is 0 Å². The lowest BCUT2D eigenvalue weighted by molar-refractivity contribution is -0.122. The summed E-state index contributed by atoms with van der Waals surface area (Å²) in [6.07, 6.45) is 3.71. The summed E-state index contributed by atoms with van der Waals surface area (Å²) < 4.78 is 4.72. The fourth-order valence-corrected chi connectivity index (χ4v) is 2.47. The van der Waals surface area contributed by atoms with Gasteiger partial charge >= 0.3 is 0 Å². The van der Waals surface area contributed by atoms with Crippen molar-refractivity contribution in [1.82, 2.24) is 20.4 Å². The molecule has 1 N–H and O–H groups in total. The molecule has 0 unspecified atom stereocenters. The van der Waals surface area contributed by atoms with Gasteiger partial charge in [-0.15, -0.1) is 0 Å². The zero-order valence-electron chi connectivity index (χ0n) is 11.8. The molecule has 1 aliphatic rings. The Labute approximate surface area is 123 Å². The third kappa shape index (κ3) is 3.66. The molecule has 1 aromatic carbocycles. The van der Waals surface area contributed by atoms with Crippen molar-refractivity contribution in [2.75, 3.05) is 19.6 Å². The van der Waals surface area contributed by atoms with Crippen LogP contribution in [0.3, 0.4) is 0 Å². The summed E-state index contributed by atoms with van der Waals surface area (Å²) in [4.78, 5) is 18.0. The number of nitrogens with zero attached hydrogens (tertiary/aromatic N) is 3. The summed E-state index contributed by atoms with van der Waals surface area (Å²) in [5.41, 5.74) is 1.95. The number of carbonyl (C=O) groups is 1.